The molecule has 4 bridgehead atoms. The van der Waals surface area contributed by atoms with Crippen LogP contribution < -0.4 is 0 Å². The summed E-state index contributed by atoms with van der Waals surface area (Å²) < 4.78 is 5.07. The third kappa shape index (κ3) is 3.43. The lowest BCUT2D eigenvalue weighted by Gasteiger charge is -2.43. The highest BCUT2D eigenvalue weighted by Gasteiger charge is 2.46. The van der Waals surface area contributed by atoms with Crippen LogP contribution in [-0.4, -0.2) is 8.80 Å². The molecule has 0 spiro atoms. The Labute approximate surface area is 378 Å². The van der Waals surface area contributed by atoms with E-state index in [1.807, 2.05) is 0 Å². The smallest absolute Gasteiger partial charge is 0.193 e. The van der Waals surface area contributed by atoms with E-state index in [-0.39, 0.29) is 23.7 Å². The molecule has 0 saturated carbocycles. The minimum Gasteiger partial charge on any atom is -0.309 e. The zero-order valence-electron chi connectivity index (χ0n) is 36.0. The molecule has 0 radical (unpaired) electrons. The monoisotopic (exact) mass is 834 g/mol. The van der Waals surface area contributed by atoms with Crippen molar-refractivity contribution in [2.24, 2.45) is 0 Å². The van der Waals surface area contributed by atoms with Gasteiger partial charge in [0.2, 0.25) is 0 Å². The Bertz CT molecular complexity index is 4210. The van der Waals surface area contributed by atoms with Gasteiger partial charge in [0.05, 0.1) is 45.8 Å². The molecule has 19 rings (SSSR count). The number of hydrogen-bond acceptors (Lipinski definition) is 1. The van der Waals surface area contributed by atoms with Crippen molar-refractivity contribution in [1.29, 1.82) is 5.26 Å². The summed E-state index contributed by atoms with van der Waals surface area (Å²) in [7, 11) is 0. The molecule has 6 aliphatic carbocycles. The van der Waals surface area contributed by atoms with E-state index in [1.54, 1.807) is 0 Å². The van der Waals surface area contributed by atoms with Crippen LogP contribution in [0, 0.1) is 31.8 Å². The van der Waals surface area contributed by atoms with Gasteiger partial charge in [0.1, 0.15) is 0 Å². The number of aromatic nitrogens is 2. The van der Waals surface area contributed by atoms with Gasteiger partial charge < -0.3 is 8.80 Å². The van der Waals surface area contributed by atoms with Gasteiger partial charge in [-0.1, -0.05) is 133 Å². The van der Waals surface area contributed by atoms with Gasteiger partial charge in [-0.05, 0) is 104 Å². The summed E-state index contributed by atoms with van der Waals surface area (Å²) >= 11 is 0. The number of hydrogen-bond donors (Lipinski definition) is 0. The Morgan fingerprint density at radius 3 is 1.17 bits per heavy atom. The quantitative estimate of drug-likeness (QED) is 0.140. The molecular formula is C62H34N4. The van der Waals surface area contributed by atoms with Gasteiger partial charge in [-0.2, -0.15) is 5.26 Å². The summed E-state index contributed by atoms with van der Waals surface area (Å²) in [6.07, 6.45) is 0. The third-order valence-corrected chi connectivity index (χ3v) is 17.1. The van der Waals surface area contributed by atoms with E-state index >= 15 is 0 Å². The summed E-state index contributed by atoms with van der Waals surface area (Å²) in [5.41, 5.74) is 26.9. The summed E-state index contributed by atoms with van der Waals surface area (Å²) in [6, 6.07) is 56.8. The molecule has 0 atom stereocenters. The molecule has 6 aliphatic rings. The molecule has 0 aliphatic heterocycles. The van der Waals surface area contributed by atoms with Crippen molar-refractivity contribution in [3.8, 4) is 6.07 Å². The molecule has 302 valence electrons. The van der Waals surface area contributed by atoms with Crippen LogP contribution in [0.25, 0.3) is 81.0 Å². The molecule has 0 saturated heterocycles. The first-order valence-electron chi connectivity index (χ1n) is 23.2. The molecule has 13 aromatic rings. The van der Waals surface area contributed by atoms with E-state index in [4.69, 9.17) is 6.57 Å². The molecule has 4 aromatic heterocycles. The minimum atomic E-state index is 0.0132. The van der Waals surface area contributed by atoms with Crippen LogP contribution in [0.15, 0.2) is 146 Å². The molecule has 4 heterocycles. The van der Waals surface area contributed by atoms with Crippen LogP contribution in [0.3, 0.4) is 0 Å². The van der Waals surface area contributed by atoms with Crippen LogP contribution >= 0.6 is 0 Å². The highest BCUT2D eigenvalue weighted by molar-refractivity contribution is 6.32. The van der Waals surface area contributed by atoms with Gasteiger partial charge in [-0.15, -0.1) is 0 Å². The highest BCUT2D eigenvalue weighted by atomic mass is 14.9. The van der Waals surface area contributed by atoms with Crippen LogP contribution in [-0.2, 0) is 0 Å². The zero-order valence-corrected chi connectivity index (χ0v) is 36.0. The molecule has 0 unspecified atom stereocenters. The predicted octanol–water partition coefficient (Wildman–Crippen LogP) is 15.0. The van der Waals surface area contributed by atoms with Crippen molar-refractivity contribution in [1.82, 2.24) is 8.80 Å². The first-order chi connectivity index (χ1) is 32.6. The second-order valence-electron chi connectivity index (χ2n) is 19.5. The van der Waals surface area contributed by atoms with Crippen LogP contribution in [0.2, 0.25) is 0 Å². The number of para-hydroxylation sites is 2. The average molecular weight is 835 g/mol. The van der Waals surface area contributed by atoms with Gasteiger partial charge >= 0.3 is 0 Å². The molecule has 9 aromatic carbocycles. The number of benzene rings is 9. The lowest BCUT2D eigenvalue weighted by atomic mass is 9.59. The van der Waals surface area contributed by atoms with Gasteiger partial charge in [0.15, 0.2) is 5.69 Å². The number of rotatable bonds is 0. The lowest BCUT2D eigenvalue weighted by molar-refractivity contribution is 0.759. The molecule has 0 fully saturated rings. The second kappa shape index (κ2) is 11.1. The number of aryl methyl sites for hydroxylation is 2. The van der Waals surface area contributed by atoms with Crippen molar-refractivity contribution in [3.63, 3.8) is 0 Å². The van der Waals surface area contributed by atoms with Gasteiger partial charge in [0, 0.05) is 72.3 Å². The van der Waals surface area contributed by atoms with Gasteiger partial charge in [-0.3, -0.25) is 0 Å². The summed E-state index contributed by atoms with van der Waals surface area (Å²) in [6.45, 7) is 13.4. The molecular weight excluding hydrogens is 801 g/mol. The Morgan fingerprint density at radius 1 is 0.424 bits per heavy atom. The maximum atomic E-state index is 11.2. The first kappa shape index (κ1) is 34.0. The predicted molar refractivity (Wildman–Crippen MR) is 266 cm³/mol. The molecule has 0 amide bonds. The SMILES string of the molecule is [C-]#[N+]c1cc2c(c3c1C1c4ccccc4C3c3ccccc31)c1cccc3c4c(C)c5c(c(C)c4n2c13)c1cccc2c3c4c(c(C#N)cc3n5c21)C1c2ccccc2C4c2ccccc21. The normalized spacial score (nSPS) is 18.4. The van der Waals surface area contributed by atoms with Crippen molar-refractivity contribution >= 4 is 81.9 Å². The zero-order chi connectivity index (χ0) is 43.2. The molecule has 0 N–H and O–H groups in total. The van der Waals surface area contributed by atoms with Crippen molar-refractivity contribution in [2.45, 2.75) is 37.5 Å². The summed E-state index contributed by atoms with van der Waals surface area (Å²) in [5.74, 6) is 0.118. The Hall–Kier alpha value is -8.44. The fourth-order valence-electron chi connectivity index (χ4n) is 15.0. The third-order valence-electron chi connectivity index (χ3n) is 17.1. The Morgan fingerprint density at radius 2 is 0.773 bits per heavy atom. The Kier molecular flexibility index (Phi) is 5.71. The van der Waals surface area contributed by atoms with Gasteiger partial charge in [-0.25, -0.2) is 4.85 Å². The van der Waals surface area contributed by atoms with Crippen molar-refractivity contribution in [2.75, 3.05) is 0 Å². The summed E-state index contributed by atoms with van der Waals surface area (Å²) in [4.78, 5) is 4.38. The van der Waals surface area contributed by atoms with Crippen LogP contribution in [0.1, 0.15) is 107 Å². The molecule has 4 nitrogen and oxygen atoms in total. The van der Waals surface area contributed by atoms with E-state index in [2.05, 4.69) is 179 Å². The first-order valence-corrected chi connectivity index (χ1v) is 23.2. The number of nitriles is 1. The maximum absolute atomic E-state index is 11.2. The maximum Gasteiger partial charge on any atom is 0.193 e. The van der Waals surface area contributed by atoms with E-state index in [0.29, 0.717) is 0 Å². The largest absolute Gasteiger partial charge is 0.309 e. The van der Waals surface area contributed by atoms with E-state index < -0.39 is 0 Å². The van der Waals surface area contributed by atoms with E-state index in [1.165, 1.54) is 143 Å². The summed E-state index contributed by atoms with van der Waals surface area (Å²) in [5, 5.41) is 21.2. The average Bonchev–Trinajstić information content (AvgIpc) is 4.11. The van der Waals surface area contributed by atoms with E-state index in [0.717, 1.165) is 22.3 Å². The van der Waals surface area contributed by atoms with Crippen LogP contribution in [0.5, 0.6) is 0 Å². The fraction of sp³-hybridized carbons (Fsp3) is 0.0968. The molecule has 4 heteroatoms. The number of fused-ring (bicyclic) bond motifs is 12. The Balaban J connectivity index is 1.03. The molecule has 66 heavy (non-hydrogen) atoms. The van der Waals surface area contributed by atoms with Crippen molar-refractivity contribution < 1.29 is 0 Å². The van der Waals surface area contributed by atoms with Crippen molar-refractivity contribution in [3.05, 3.63) is 240 Å². The standard InChI is InChI=1S/C62H34N4/c1-29-48-41-23-13-25-43-55-46(27-44(64-3)56-51-34-16-6-10-20-38(34)53(58(55)56)39-21-11-7-17-35(39)51)66(62(41)43)60(48)30(2)47-40-22-12-24-42-54-45(65(59(29)47)61(40)42)26-31(28-63)49-50-32-14-4-8-18-36(32)52(57(49)54)37-19-9-5-15-33(37)50/h4-27,50-53H,1-2H3. The topological polar surface area (TPSA) is 37.0 Å². The second-order valence-corrected chi connectivity index (χ2v) is 19.5. The highest BCUT2D eigenvalue weighted by Crippen LogP contribution is 2.63. The van der Waals surface area contributed by atoms with E-state index in [9.17, 15) is 5.26 Å². The minimum absolute atomic E-state index is 0.0132. The fourth-order valence-corrected chi connectivity index (χ4v) is 15.0. The number of nitrogens with zero attached hydrogens (tertiary/aromatic N) is 4. The van der Waals surface area contributed by atoms with Gasteiger partial charge in [0.25, 0.3) is 0 Å². The van der Waals surface area contributed by atoms with Crippen LogP contribution in [0.4, 0.5) is 5.69 Å². The lowest BCUT2D eigenvalue weighted by Crippen LogP contribution is -2.28.